The van der Waals surface area contributed by atoms with Crippen LogP contribution in [0.25, 0.3) is 10.6 Å². The molecular formula is C14H15FN2S. The lowest BCUT2D eigenvalue weighted by molar-refractivity contribution is 0.625. The minimum Gasteiger partial charge on any atom is -0.309 e. The van der Waals surface area contributed by atoms with E-state index in [1.807, 2.05) is 24.4 Å². The highest BCUT2D eigenvalue weighted by Gasteiger charge is 2.19. The van der Waals surface area contributed by atoms with Gasteiger partial charge < -0.3 is 5.32 Å². The number of aromatic nitrogens is 1. The molecule has 1 fully saturated rings. The Morgan fingerprint density at radius 2 is 2.33 bits per heavy atom. The molecule has 2 nitrogen and oxygen atoms in total. The summed E-state index contributed by atoms with van der Waals surface area (Å²) >= 11 is 1.52. The molecule has 0 amide bonds. The molecule has 1 unspecified atom stereocenters. The van der Waals surface area contributed by atoms with Crippen LogP contribution in [0, 0.1) is 12.7 Å². The second-order valence-electron chi connectivity index (χ2n) is 4.71. The Balaban J connectivity index is 1.92. The first kappa shape index (κ1) is 11.8. The molecular weight excluding hydrogens is 247 g/mol. The largest absolute Gasteiger partial charge is 0.309 e. The average molecular weight is 262 g/mol. The Morgan fingerprint density at radius 3 is 3.06 bits per heavy atom. The second kappa shape index (κ2) is 4.78. The highest BCUT2D eigenvalue weighted by molar-refractivity contribution is 7.13. The number of rotatable bonds is 2. The number of hydrogen-bond donors (Lipinski definition) is 1. The minimum atomic E-state index is -0.185. The van der Waals surface area contributed by atoms with E-state index in [2.05, 4.69) is 10.3 Å². The minimum absolute atomic E-state index is 0.185. The Kier molecular flexibility index (Phi) is 3.14. The van der Waals surface area contributed by atoms with Crippen molar-refractivity contribution in [3.63, 3.8) is 0 Å². The zero-order valence-corrected chi connectivity index (χ0v) is 11.1. The van der Waals surface area contributed by atoms with E-state index < -0.39 is 0 Å². The number of halogens is 1. The van der Waals surface area contributed by atoms with Gasteiger partial charge in [0.2, 0.25) is 0 Å². The summed E-state index contributed by atoms with van der Waals surface area (Å²) in [5.74, 6) is -0.185. The predicted molar refractivity (Wildman–Crippen MR) is 72.2 cm³/mol. The fraction of sp³-hybridized carbons (Fsp3) is 0.357. The van der Waals surface area contributed by atoms with Gasteiger partial charge in [0.15, 0.2) is 0 Å². The summed E-state index contributed by atoms with van der Waals surface area (Å²) in [6.45, 7) is 2.94. The van der Waals surface area contributed by atoms with Gasteiger partial charge in [-0.15, -0.1) is 11.3 Å². The molecule has 18 heavy (non-hydrogen) atoms. The fourth-order valence-electron chi connectivity index (χ4n) is 2.30. The molecule has 0 saturated carbocycles. The second-order valence-corrected chi connectivity index (χ2v) is 5.57. The molecule has 1 aliphatic heterocycles. The Labute approximate surface area is 110 Å². The van der Waals surface area contributed by atoms with Crippen LogP contribution in [0.3, 0.4) is 0 Å². The van der Waals surface area contributed by atoms with Gasteiger partial charge in [0.25, 0.3) is 0 Å². The first-order chi connectivity index (χ1) is 8.74. The van der Waals surface area contributed by atoms with Gasteiger partial charge >= 0.3 is 0 Å². The summed E-state index contributed by atoms with van der Waals surface area (Å²) in [6.07, 6.45) is 2.32. The first-order valence-electron chi connectivity index (χ1n) is 6.19. The summed E-state index contributed by atoms with van der Waals surface area (Å²) in [7, 11) is 0. The van der Waals surface area contributed by atoms with E-state index in [4.69, 9.17) is 0 Å². The highest BCUT2D eigenvalue weighted by Crippen LogP contribution is 2.31. The summed E-state index contributed by atoms with van der Waals surface area (Å²) in [4.78, 5) is 4.57. The van der Waals surface area contributed by atoms with Gasteiger partial charge in [0, 0.05) is 10.9 Å². The van der Waals surface area contributed by atoms with Gasteiger partial charge in [0.1, 0.15) is 10.8 Å². The lowest BCUT2D eigenvalue weighted by Gasteiger charge is -2.05. The summed E-state index contributed by atoms with van der Waals surface area (Å²) in [6, 6.07) is 5.65. The van der Waals surface area contributed by atoms with Gasteiger partial charge in [-0.25, -0.2) is 9.37 Å². The van der Waals surface area contributed by atoms with Crippen LogP contribution in [0.15, 0.2) is 23.6 Å². The maximum Gasteiger partial charge on any atom is 0.133 e. The molecule has 94 valence electrons. The highest BCUT2D eigenvalue weighted by atomic mass is 32.1. The molecule has 1 N–H and O–H groups in total. The van der Waals surface area contributed by atoms with E-state index in [-0.39, 0.29) is 5.82 Å². The van der Waals surface area contributed by atoms with Gasteiger partial charge in [-0.05, 0) is 44.0 Å². The van der Waals surface area contributed by atoms with Gasteiger partial charge in [0.05, 0.1) is 11.7 Å². The third-order valence-corrected chi connectivity index (χ3v) is 4.19. The van der Waals surface area contributed by atoms with E-state index in [9.17, 15) is 4.39 Å². The monoisotopic (exact) mass is 262 g/mol. The molecule has 1 aromatic heterocycles. The Bertz CT molecular complexity index is 559. The lowest BCUT2D eigenvalue weighted by Crippen LogP contribution is -2.12. The van der Waals surface area contributed by atoms with Crippen molar-refractivity contribution in [2.45, 2.75) is 25.8 Å². The number of nitrogens with one attached hydrogen (secondary N) is 1. The van der Waals surface area contributed by atoms with Crippen LogP contribution >= 0.6 is 11.3 Å². The van der Waals surface area contributed by atoms with Crippen LogP contribution in [0.1, 0.15) is 30.1 Å². The quantitative estimate of drug-likeness (QED) is 0.893. The number of nitrogens with zero attached hydrogens (tertiary/aromatic N) is 1. The molecule has 3 rings (SSSR count). The smallest absolute Gasteiger partial charge is 0.133 e. The van der Waals surface area contributed by atoms with E-state index in [1.54, 1.807) is 6.07 Å². The summed E-state index contributed by atoms with van der Waals surface area (Å²) < 4.78 is 13.9. The zero-order valence-electron chi connectivity index (χ0n) is 10.2. The van der Waals surface area contributed by atoms with Crippen molar-refractivity contribution in [3.05, 3.63) is 40.7 Å². The van der Waals surface area contributed by atoms with Crippen LogP contribution in [-0.4, -0.2) is 11.5 Å². The van der Waals surface area contributed by atoms with Gasteiger partial charge in [-0.3, -0.25) is 0 Å². The average Bonchev–Trinajstić information content (AvgIpc) is 2.99. The van der Waals surface area contributed by atoms with E-state index in [1.165, 1.54) is 17.8 Å². The first-order valence-corrected chi connectivity index (χ1v) is 7.07. The molecule has 1 aromatic carbocycles. The van der Waals surface area contributed by atoms with Gasteiger partial charge in [-0.1, -0.05) is 6.07 Å². The fourth-order valence-corrected chi connectivity index (χ4v) is 3.20. The topological polar surface area (TPSA) is 24.9 Å². The van der Waals surface area contributed by atoms with Crippen LogP contribution in [0.5, 0.6) is 0 Å². The molecule has 1 saturated heterocycles. The van der Waals surface area contributed by atoms with Crippen LogP contribution in [0.4, 0.5) is 4.39 Å². The maximum atomic E-state index is 13.9. The lowest BCUT2D eigenvalue weighted by atomic mass is 10.1. The van der Waals surface area contributed by atoms with Crippen LogP contribution in [-0.2, 0) is 0 Å². The van der Waals surface area contributed by atoms with Crippen LogP contribution in [0.2, 0.25) is 0 Å². The molecule has 0 radical (unpaired) electrons. The molecule has 2 heterocycles. The molecule has 1 aliphatic rings. The van der Waals surface area contributed by atoms with Crippen molar-refractivity contribution in [2.24, 2.45) is 0 Å². The molecule has 0 aliphatic carbocycles. The molecule has 2 aromatic rings. The van der Waals surface area contributed by atoms with E-state index >= 15 is 0 Å². The zero-order chi connectivity index (χ0) is 12.5. The van der Waals surface area contributed by atoms with E-state index in [0.717, 1.165) is 29.2 Å². The predicted octanol–water partition coefficient (Wildman–Crippen LogP) is 3.68. The van der Waals surface area contributed by atoms with Crippen molar-refractivity contribution in [1.82, 2.24) is 10.3 Å². The van der Waals surface area contributed by atoms with Crippen molar-refractivity contribution in [3.8, 4) is 10.6 Å². The van der Waals surface area contributed by atoms with Crippen LogP contribution < -0.4 is 5.32 Å². The SMILES string of the molecule is Cc1ccc(-c2nc(C3CCCN3)cs2)c(F)c1. The molecule has 0 spiro atoms. The number of hydrogen-bond acceptors (Lipinski definition) is 3. The van der Waals surface area contributed by atoms with Gasteiger partial charge in [-0.2, -0.15) is 0 Å². The number of thiazole rings is 1. The number of aryl methyl sites for hydroxylation is 1. The normalized spacial score (nSPS) is 19.3. The van der Waals surface area contributed by atoms with E-state index in [0.29, 0.717) is 11.6 Å². The third-order valence-electron chi connectivity index (χ3n) is 3.29. The molecule has 0 bridgehead atoms. The maximum absolute atomic E-state index is 13.9. The van der Waals surface area contributed by atoms with Crippen molar-refractivity contribution in [2.75, 3.05) is 6.54 Å². The molecule has 1 atom stereocenters. The summed E-state index contributed by atoms with van der Waals surface area (Å²) in [5, 5.41) is 6.23. The van der Waals surface area contributed by atoms with Crippen molar-refractivity contribution in [1.29, 1.82) is 0 Å². The number of benzene rings is 1. The standard InChI is InChI=1S/C14H15FN2S/c1-9-4-5-10(11(15)7-9)14-17-13(8-18-14)12-3-2-6-16-12/h4-5,7-8,12,16H,2-3,6H2,1H3. The molecule has 4 heteroatoms. The Hall–Kier alpha value is -1.26. The summed E-state index contributed by atoms with van der Waals surface area (Å²) in [5.41, 5.74) is 2.59. The Morgan fingerprint density at radius 1 is 1.44 bits per heavy atom. The van der Waals surface area contributed by atoms with Crippen molar-refractivity contribution >= 4 is 11.3 Å². The van der Waals surface area contributed by atoms with Crippen molar-refractivity contribution < 1.29 is 4.39 Å². The third kappa shape index (κ3) is 2.18.